The number of hydrogen-bond donors (Lipinski definition) is 2. The standard InChI is InChI=1S/C11H13N5O/c1-16-11(9(10(12)17)14-15-16)13-7-8-5-3-2-4-6-8/h2-6,13H,7H2,1H3,(H2,12,17). The van der Waals surface area contributed by atoms with Gasteiger partial charge in [-0.25, -0.2) is 4.68 Å². The number of amides is 1. The van der Waals surface area contributed by atoms with Crippen LogP contribution in [0.15, 0.2) is 30.3 Å². The largest absolute Gasteiger partial charge is 0.364 e. The molecule has 0 saturated heterocycles. The maximum Gasteiger partial charge on any atom is 0.273 e. The predicted molar refractivity (Wildman–Crippen MR) is 63.3 cm³/mol. The zero-order chi connectivity index (χ0) is 12.3. The molecule has 0 spiro atoms. The second-order valence-electron chi connectivity index (χ2n) is 3.61. The average molecular weight is 231 g/mol. The number of aryl methyl sites for hydroxylation is 1. The molecule has 88 valence electrons. The van der Waals surface area contributed by atoms with Gasteiger partial charge < -0.3 is 11.1 Å². The lowest BCUT2D eigenvalue weighted by molar-refractivity contribution is 0.0996. The van der Waals surface area contributed by atoms with Crippen LogP contribution in [0.2, 0.25) is 0 Å². The number of carbonyl (C=O) groups excluding carboxylic acids is 1. The Balaban J connectivity index is 2.14. The Morgan fingerprint density at radius 2 is 2.12 bits per heavy atom. The van der Waals surface area contributed by atoms with E-state index in [-0.39, 0.29) is 5.69 Å². The molecule has 0 radical (unpaired) electrons. The quantitative estimate of drug-likeness (QED) is 0.803. The van der Waals surface area contributed by atoms with Crippen molar-refractivity contribution in [3.63, 3.8) is 0 Å². The third-order valence-electron chi connectivity index (χ3n) is 2.36. The molecule has 1 heterocycles. The fraction of sp³-hybridized carbons (Fsp3) is 0.182. The molecule has 0 bridgehead atoms. The Hall–Kier alpha value is -2.37. The van der Waals surface area contributed by atoms with E-state index in [1.807, 2.05) is 30.3 Å². The van der Waals surface area contributed by atoms with Crippen molar-refractivity contribution >= 4 is 11.7 Å². The number of anilines is 1. The van der Waals surface area contributed by atoms with Crippen molar-refractivity contribution in [1.29, 1.82) is 0 Å². The van der Waals surface area contributed by atoms with Gasteiger partial charge in [0.2, 0.25) is 0 Å². The smallest absolute Gasteiger partial charge is 0.273 e. The summed E-state index contributed by atoms with van der Waals surface area (Å²) in [5.41, 5.74) is 6.46. The van der Waals surface area contributed by atoms with Crippen molar-refractivity contribution in [2.24, 2.45) is 12.8 Å². The van der Waals surface area contributed by atoms with E-state index in [0.29, 0.717) is 12.4 Å². The van der Waals surface area contributed by atoms with Gasteiger partial charge in [0.1, 0.15) is 0 Å². The van der Waals surface area contributed by atoms with Gasteiger partial charge in [0.05, 0.1) is 0 Å². The molecule has 0 fully saturated rings. The van der Waals surface area contributed by atoms with Gasteiger partial charge in [-0.2, -0.15) is 0 Å². The summed E-state index contributed by atoms with van der Waals surface area (Å²) in [5.74, 6) is -0.0602. The van der Waals surface area contributed by atoms with E-state index in [9.17, 15) is 4.79 Å². The molecule has 2 rings (SSSR count). The third kappa shape index (κ3) is 2.41. The van der Waals surface area contributed by atoms with Gasteiger partial charge in [-0.05, 0) is 5.56 Å². The Bertz CT molecular complexity index is 520. The Morgan fingerprint density at radius 1 is 1.41 bits per heavy atom. The molecule has 0 aliphatic carbocycles. The lowest BCUT2D eigenvalue weighted by atomic mass is 10.2. The monoisotopic (exact) mass is 231 g/mol. The first-order valence-corrected chi connectivity index (χ1v) is 5.16. The highest BCUT2D eigenvalue weighted by Crippen LogP contribution is 2.11. The first kappa shape index (κ1) is 11.1. The summed E-state index contributed by atoms with van der Waals surface area (Å²) in [6.07, 6.45) is 0. The topological polar surface area (TPSA) is 85.8 Å². The third-order valence-corrected chi connectivity index (χ3v) is 2.36. The molecule has 0 unspecified atom stereocenters. The van der Waals surface area contributed by atoms with Crippen LogP contribution in [0.3, 0.4) is 0 Å². The van der Waals surface area contributed by atoms with Crippen LogP contribution >= 0.6 is 0 Å². The van der Waals surface area contributed by atoms with Crippen molar-refractivity contribution in [1.82, 2.24) is 15.0 Å². The normalized spacial score (nSPS) is 10.2. The van der Waals surface area contributed by atoms with E-state index in [2.05, 4.69) is 15.6 Å². The van der Waals surface area contributed by atoms with E-state index in [1.54, 1.807) is 7.05 Å². The van der Waals surface area contributed by atoms with Crippen LogP contribution in [-0.2, 0) is 13.6 Å². The van der Waals surface area contributed by atoms with E-state index in [0.717, 1.165) is 5.56 Å². The van der Waals surface area contributed by atoms with Gasteiger partial charge in [0.25, 0.3) is 5.91 Å². The number of nitrogens with one attached hydrogen (secondary N) is 1. The van der Waals surface area contributed by atoms with Crippen LogP contribution in [0.1, 0.15) is 16.1 Å². The molecule has 17 heavy (non-hydrogen) atoms. The van der Waals surface area contributed by atoms with Gasteiger partial charge >= 0.3 is 0 Å². The minimum atomic E-state index is -0.589. The molecule has 1 aromatic heterocycles. The maximum absolute atomic E-state index is 11.1. The zero-order valence-electron chi connectivity index (χ0n) is 9.42. The summed E-state index contributed by atoms with van der Waals surface area (Å²) >= 11 is 0. The second-order valence-corrected chi connectivity index (χ2v) is 3.61. The van der Waals surface area contributed by atoms with Crippen LogP contribution in [0, 0.1) is 0 Å². The number of rotatable bonds is 4. The second kappa shape index (κ2) is 4.65. The number of nitrogens with zero attached hydrogens (tertiary/aromatic N) is 3. The molecule has 0 aliphatic heterocycles. The van der Waals surface area contributed by atoms with Gasteiger partial charge in [-0.1, -0.05) is 35.5 Å². The zero-order valence-corrected chi connectivity index (χ0v) is 9.42. The van der Waals surface area contributed by atoms with Gasteiger partial charge in [0, 0.05) is 13.6 Å². The molecule has 0 aliphatic rings. The highest BCUT2D eigenvalue weighted by atomic mass is 16.1. The van der Waals surface area contributed by atoms with Crippen molar-refractivity contribution in [3.05, 3.63) is 41.6 Å². The summed E-state index contributed by atoms with van der Waals surface area (Å²) in [7, 11) is 1.70. The highest BCUT2D eigenvalue weighted by Gasteiger charge is 2.14. The first-order chi connectivity index (χ1) is 8.18. The molecule has 1 aromatic carbocycles. The van der Waals surface area contributed by atoms with Crippen LogP contribution < -0.4 is 11.1 Å². The molecule has 2 aromatic rings. The van der Waals surface area contributed by atoms with Crippen LogP contribution in [0.5, 0.6) is 0 Å². The van der Waals surface area contributed by atoms with Crippen LogP contribution in [-0.4, -0.2) is 20.9 Å². The lowest BCUT2D eigenvalue weighted by Gasteiger charge is -2.06. The minimum absolute atomic E-state index is 0.156. The fourth-order valence-corrected chi connectivity index (χ4v) is 1.50. The van der Waals surface area contributed by atoms with Crippen molar-refractivity contribution in [2.45, 2.75) is 6.54 Å². The lowest BCUT2D eigenvalue weighted by Crippen LogP contribution is -2.15. The number of nitrogens with two attached hydrogens (primary N) is 1. The van der Waals surface area contributed by atoms with Gasteiger partial charge in [0.15, 0.2) is 11.5 Å². The average Bonchev–Trinajstić information content (AvgIpc) is 2.69. The predicted octanol–water partition coefficient (Wildman–Crippen LogP) is 0.526. The van der Waals surface area contributed by atoms with E-state index >= 15 is 0 Å². The Kier molecular flexibility index (Phi) is 3.04. The van der Waals surface area contributed by atoms with Crippen LogP contribution in [0.25, 0.3) is 0 Å². The molecular weight excluding hydrogens is 218 g/mol. The van der Waals surface area contributed by atoms with Crippen molar-refractivity contribution < 1.29 is 4.79 Å². The van der Waals surface area contributed by atoms with Crippen molar-refractivity contribution in [3.8, 4) is 0 Å². The Morgan fingerprint density at radius 3 is 2.76 bits per heavy atom. The van der Waals surface area contributed by atoms with Crippen LogP contribution in [0.4, 0.5) is 5.82 Å². The number of carbonyl (C=O) groups is 1. The van der Waals surface area contributed by atoms with Crippen molar-refractivity contribution in [2.75, 3.05) is 5.32 Å². The summed E-state index contributed by atoms with van der Waals surface area (Å²) in [4.78, 5) is 11.1. The first-order valence-electron chi connectivity index (χ1n) is 5.16. The fourth-order valence-electron chi connectivity index (χ4n) is 1.50. The SMILES string of the molecule is Cn1nnc(C(N)=O)c1NCc1ccccc1. The summed E-state index contributed by atoms with van der Waals surface area (Å²) in [5, 5.41) is 10.6. The van der Waals surface area contributed by atoms with E-state index < -0.39 is 5.91 Å². The number of aromatic nitrogens is 3. The van der Waals surface area contributed by atoms with E-state index in [1.165, 1.54) is 4.68 Å². The maximum atomic E-state index is 11.1. The summed E-state index contributed by atoms with van der Waals surface area (Å²) in [6.45, 7) is 0.586. The molecule has 1 amide bonds. The molecule has 0 atom stereocenters. The Labute approximate surface area is 98.4 Å². The van der Waals surface area contributed by atoms with Gasteiger partial charge in [-0.3, -0.25) is 4.79 Å². The minimum Gasteiger partial charge on any atom is -0.364 e. The highest BCUT2D eigenvalue weighted by molar-refractivity contribution is 5.95. The number of benzene rings is 1. The number of primary amides is 1. The van der Waals surface area contributed by atoms with Gasteiger partial charge in [-0.15, -0.1) is 5.10 Å². The molecular formula is C11H13N5O. The number of hydrogen-bond acceptors (Lipinski definition) is 4. The molecule has 3 N–H and O–H groups in total. The molecule has 6 nitrogen and oxygen atoms in total. The summed E-state index contributed by atoms with van der Waals surface area (Å²) < 4.78 is 1.49. The van der Waals surface area contributed by atoms with E-state index in [4.69, 9.17) is 5.73 Å². The molecule has 0 saturated carbocycles. The molecule has 6 heteroatoms. The summed E-state index contributed by atoms with van der Waals surface area (Å²) in [6, 6.07) is 9.83.